The molecule has 0 aromatic heterocycles. The third-order valence-electron chi connectivity index (χ3n) is 3.04. The van der Waals surface area contributed by atoms with Crippen LogP contribution in [0.5, 0.6) is 0 Å². The number of hydrogen-bond acceptors (Lipinski definition) is 2. The second kappa shape index (κ2) is 3.54. The van der Waals surface area contributed by atoms with Crippen molar-refractivity contribution < 1.29 is 8.42 Å². The van der Waals surface area contributed by atoms with Crippen molar-refractivity contribution in [1.82, 2.24) is 0 Å². The standard InChI is InChI=1S/C8H15ClO2S/c1-2-8(4-3-5-8)6-7-12(9,10)11/h2-7H2,1H3. The Kier molecular flexibility index (Phi) is 3.05. The average Bonchev–Trinajstić information content (AvgIpc) is 1.84. The summed E-state index contributed by atoms with van der Waals surface area (Å²) in [5, 5.41) is 0. The molecule has 2 nitrogen and oxygen atoms in total. The maximum Gasteiger partial charge on any atom is 0.232 e. The lowest BCUT2D eigenvalue weighted by Gasteiger charge is -2.41. The van der Waals surface area contributed by atoms with E-state index < -0.39 is 9.05 Å². The van der Waals surface area contributed by atoms with Crippen LogP contribution in [0.3, 0.4) is 0 Å². The molecule has 0 atom stereocenters. The van der Waals surface area contributed by atoms with Crippen molar-refractivity contribution in [2.45, 2.75) is 39.0 Å². The number of halogens is 1. The quantitative estimate of drug-likeness (QED) is 0.669. The Morgan fingerprint density at radius 3 is 2.25 bits per heavy atom. The van der Waals surface area contributed by atoms with Gasteiger partial charge in [0.2, 0.25) is 9.05 Å². The first-order valence-corrected chi connectivity index (χ1v) is 6.88. The Balaban J connectivity index is 2.40. The number of hydrogen-bond donors (Lipinski definition) is 0. The second-order valence-electron chi connectivity index (χ2n) is 3.70. The van der Waals surface area contributed by atoms with E-state index in [4.69, 9.17) is 10.7 Å². The van der Waals surface area contributed by atoms with Gasteiger partial charge >= 0.3 is 0 Å². The van der Waals surface area contributed by atoms with E-state index in [1.54, 1.807) is 0 Å². The highest BCUT2D eigenvalue weighted by molar-refractivity contribution is 8.13. The molecule has 0 amide bonds. The minimum absolute atomic E-state index is 0.141. The highest BCUT2D eigenvalue weighted by atomic mass is 35.7. The molecular weight excluding hydrogens is 196 g/mol. The average molecular weight is 211 g/mol. The van der Waals surface area contributed by atoms with Gasteiger partial charge in [-0.3, -0.25) is 0 Å². The van der Waals surface area contributed by atoms with Crippen LogP contribution in [-0.2, 0) is 9.05 Å². The van der Waals surface area contributed by atoms with Crippen molar-refractivity contribution in [3.05, 3.63) is 0 Å². The van der Waals surface area contributed by atoms with Gasteiger partial charge in [0.1, 0.15) is 0 Å². The summed E-state index contributed by atoms with van der Waals surface area (Å²) >= 11 is 0. The molecule has 1 aliphatic rings. The summed E-state index contributed by atoms with van der Waals surface area (Å²) in [6, 6.07) is 0. The largest absolute Gasteiger partial charge is 0.232 e. The third-order valence-corrected chi connectivity index (χ3v) is 4.20. The van der Waals surface area contributed by atoms with E-state index in [-0.39, 0.29) is 5.75 Å². The Morgan fingerprint density at radius 2 is 2.00 bits per heavy atom. The van der Waals surface area contributed by atoms with Crippen molar-refractivity contribution in [1.29, 1.82) is 0 Å². The van der Waals surface area contributed by atoms with Crippen LogP contribution < -0.4 is 0 Å². The van der Waals surface area contributed by atoms with Crippen molar-refractivity contribution in [3.8, 4) is 0 Å². The maximum atomic E-state index is 10.7. The van der Waals surface area contributed by atoms with Crippen LogP contribution >= 0.6 is 10.7 Å². The predicted octanol–water partition coefficient (Wildman–Crippen LogP) is 2.53. The molecular formula is C8H15ClO2S. The third kappa shape index (κ3) is 2.63. The van der Waals surface area contributed by atoms with Crippen molar-refractivity contribution in [2.75, 3.05) is 5.75 Å². The first-order valence-electron chi connectivity index (χ1n) is 4.40. The molecule has 0 N–H and O–H groups in total. The molecule has 1 rings (SSSR count). The lowest BCUT2D eigenvalue weighted by molar-refractivity contribution is 0.122. The molecule has 12 heavy (non-hydrogen) atoms. The summed E-state index contributed by atoms with van der Waals surface area (Å²) in [4.78, 5) is 0. The first-order chi connectivity index (χ1) is 5.47. The Labute approximate surface area is 78.7 Å². The number of rotatable bonds is 4. The van der Waals surface area contributed by atoms with Gasteiger partial charge in [0.25, 0.3) is 0 Å². The maximum absolute atomic E-state index is 10.7. The zero-order valence-corrected chi connectivity index (χ0v) is 8.92. The van der Waals surface area contributed by atoms with Crippen LogP contribution in [0.15, 0.2) is 0 Å². The molecule has 0 aromatic carbocycles. The molecule has 4 heteroatoms. The molecule has 72 valence electrons. The Morgan fingerprint density at radius 1 is 1.42 bits per heavy atom. The Bertz CT molecular complexity index is 236. The van der Waals surface area contributed by atoms with E-state index in [0.717, 1.165) is 12.8 Å². The van der Waals surface area contributed by atoms with Gasteiger partial charge in [0, 0.05) is 10.7 Å². The van der Waals surface area contributed by atoms with Gasteiger partial charge in [0.05, 0.1) is 5.75 Å². The lowest BCUT2D eigenvalue weighted by atomic mass is 9.65. The van der Waals surface area contributed by atoms with Gasteiger partial charge in [-0.15, -0.1) is 0 Å². The lowest BCUT2D eigenvalue weighted by Crippen LogP contribution is -2.30. The van der Waals surface area contributed by atoms with E-state index in [1.165, 1.54) is 19.3 Å². The summed E-state index contributed by atoms with van der Waals surface area (Å²) in [6.45, 7) is 2.13. The molecule has 0 heterocycles. The van der Waals surface area contributed by atoms with E-state index in [0.29, 0.717) is 5.41 Å². The van der Waals surface area contributed by atoms with Crippen LogP contribution in [0, 0.1) is 5.41 Å². The summed E-state index contributed by atoms with van der Waals surface area (Å²) in [7, 11) is 1.88. The molecule has 0 aliphatic heterocycles. The highest BCUT2D eigenvalue weighted by Gasteiger charge is 2.35. The van der Waals surface area contributed by atoms with Crippen molar-refractivity contribution >= 4 is 19.7 Å². The summed E-state index contributed by atoms with van der Waals surface area (Å²) in [5.74, 6) is 0.141. The summed E-state index contributed by atoms with van der Waals surface area (Å²) in [5.41, 5.74) is 0.308. The molecule has 1 saturated carbocycles. The molecule has 1 aliphatic carbocycles. The molecule has 0 bridgehead atoms. The van der Waals surface area contributed by atoms with Crippen molar-refractivity contribution in [2.24, 2.45) is 5.41 Å². The van der Waals surface area contributed by atoms with Gasteiger partial charge < -0.3 is 0 Å². The van der Waals surface area contributed by atoms with Gasteiger partial charge in [0.15, 0.2) is 0 Å². The second-order valence-corrected chi connectivity index (χ2v) is 6.60. The van der Waals surface area contributed by atoms with E-state index >= 15 is 0 Å². The molecule has 1 fully saturated rings. The molecule has 0 unspecified atom stereocenters. The zero-order valence-electron chi connectivity index (χ0n) is 7.35. The fourth-order valence-electron chi connectivity index (χ4n) is 1.80. The van der Waals surface area contributed by atoms with Crippen LogP contribution in [0.1, 0.15) is 39.0 Å². The SMILES string of the molecule is CCC1(CCS(=O)(=O)Cl)CCC1. The summed E-state index contributed by atoms with van der Waals surface area (Å²) in [6.07, 6.45) is 5.43. The van der Waals surface area contributed by atoms with E-state index in [9.17, 15) is 8.42 Å². The normalized spacial score (nSPS) is 21.8. The highest BCUT2D eigenvalue weighted by Crippen LogP contribution is 2.46. The Hall–Kier alpha value is 0.240. The molecule has 0 saturated heterocycles. The van der Waals surface area contributed by atoms with Crippen molar-refractivity contribution in [3.63, 3.8) is 0 Å². The van der Waals surface area contributed by atoms with Crippen LogP contribution in [0.25, 0.3) is 0 Å². The van der Waals surface area contributed by atoms with Gasteiger partial charge in [-0.05, 0) is 24.7 Å². The predicted molar refractivity (Wildman–Crippen MR) is 50.8 cm³/mol. The van der Waals surface area contributed by atoms with Crippen LogP contribution in [-0.4, -0.2) is 14.2 Å². The fraction of sp³-hybridized carbons (Fsp3) is 1.00. The first kappa shape index (κ1) is 10.3. The minimum atomic E-state index is -3.27. The fourth-order valence-corrected chi connectivity index (χ4v) is 2.70. The molecule has 0 radical (unpaired) electrons. The van der Waals surface area contributed by atoms with Crippen LogP contribution in [0.4, 0.5) is 0 Å². The smallest absolute Gasteiger partial charge is 0.212 e. The zero-order chi connectivity index (χ0) is 9.24. The van der Waals surface area contributed by atoms with E-state index in [1.807, 2.05) is 0 Å². The van der Waals surface area contributed by atoms with E-state index in [2.05, 4.69) is 6.92 Å². The van der Waals surface area contributed by atoms with Crippen LogP contribution in [0.2, 0.25) is 0 Å². The van der Waals surface area contributed by atoms with Gasteiger partial charge in [-0.2, -0.15) is 0 Å². The topological polar surface area (TPSA) is 34.1 Å². The van der Waals surface area contributed by atoms with Gasteiger partial charge in [-0.25, -0.2) is 8.42 Å². The molecule has 0 spiro atoms. The summed E-state index contributed by atoms with van der Waals surface area (Å²) < 4.78 is 21.4. The van der Waals surface area contributed by atoms with Gasteiger partial charge in [-0.1, -0.05) is 19.8 Å². The monoisotopic (exact) mass is 210 g/mol. The minimum Gasteiger partial charge on any atom is -0.212 e. The molecule has 0 aromatic rings.